The van der Waals surface area contributed by atoms with Gasteiger partial charge in [-0.3, -0.25) is 4.79 Å². The first-order valence-corrected chi connectivity index (χ1v) is 5.79. The van der Waals surface area contributed by atoms with Crippen molar-refractivity contribution < 1.29 is 4.79 Å². The predicted molar refractivity (Wildman–Crippen MR) is 66.4 cm³/mol. The molecule has 4 heteroatoms. The lowest BCUT2D eigenvalue weighted by molar-refractivity contribution is -0.122. The summed E-state index contributed by atoms with van der Waals surface area (Å²) in [6, 6.07) is 7.21. The van der Waals surface area contributed by atoms with Crippen molar-refractivity contribution in [3.05, 3.63) is 34.9 Å². The molecule has 88 valence electrons. The first-order chi connectivity index (χ1) is 7.63. The number of hydrogen-bond donors (Lipinski definition) is 2. The summed E-state index contributed by atoms with van der Waals surface area (Å²) in [7, 11) is 0. The molecule has 1 aromatic rings. The molecule has 3 nitrogen and oxygen atoms in total. The molecule has 0 saturated heterocycles. The van der Waals surface area contributed by atoms with Crippen molar-refractivity contribution in [1.29, 1.82) is 0 Å². The largest absolute Gasteiger partial charge is 0.354 e. The summed E-state index contributed by atoms with van der Waals surface area (Å²) in [6.45, 7) is 2.48. The minimum atomic E-state index is -0.403. The van der Waals surface area contributed by atoms with E-state index in [1.54, 1.807) is 0 Å². The number of carbonyl (C=O) groups excluding carboxylic acids is 1. The van der Waals surface area contributed by atoms with E-state index in [1.807, 2.05) is 31.2 Å². The summed E-state index contributed by atoms with van der Waals surface area (Å²) in [5.74, 6) is -0.0930. The zero-order chi connectivity index (χ0) is 12.0. The standard InChI is InChI=1S/C12H17ClN2O/c1-2-11(14)12(16)15-7-6-9-4-3-5-10(13)8-9/h3-5,8,11H,2,6-7,14H2,1H3,(H,15,16)/t11-/m0/s1. The van der Waals surface area contributed by atoms with Crippen LogP contribution >= 0.6 is 11.6 Å². The molecule has 0 unspecified atom stereocenters. The van der Waals surface area contributed by atoms with E-state index in [1.165, 1.54) is 0 Å². The Labute approximate surface area is 101 Å². The van der Waals surface area contributed by atoms with Gasteiger partial charge in [0.2, 0.25) is 5.91 Å². The first kappa shape index (κ1) is 13.0. The van der Waals surface area contributed by atoms with Crippen LogP contribution in [0.15, 0.2) is 24.3 Å². The second-order valence-corrected chi connectivity index (χ2v) is 4.12. The maximum absolute atomic E-state index is 11.4. The smallest absolute Gasteiger partial charge is 0.236 e. The molecule has 0 fully saturated rings. The van der Waals surface area contributed by atoms with Crippen LogP contribution < -0.4 is 11.1 Å². The fourth-order valence-corrected chi connectivity index (χ4v) is 1.55. The third-order valence-corrected chi connectivity index (χ3v) is 2.61. The summed E-state index contributed by atoms with van der Waals surface area (Å²) in [5.41, 5.74) is 6.70. The van der Waals surface area contributed by atoms with E-state index in [2.05, 4.69) is 5.32 Å². The molecule has 0 aliphatic rings. The quantitative estimate of drug-likeness (QED) is 0.824. The van der Waals surface area contributed by atoms with Gasteiger partial charge in [0.15, 0.2) is 0 Å². The van der Waals surface area contributed by atoms with Crippen molar-refractivity contribution in [3.8, 4) is 0 Å². The number of halogens is 1. The van der Waals surface area contributed by atoms with Gasteiger partial charge in [-0.15, -0.1) is 0 Å². The molecule has 1 aromatic carbocycles. The zero-order valence-corrected chi connectivity index (χ0v) is 10.1. The average molecular weight is 241 g/mol. The van der Waals surface area contributed by atoms with Gasteiger partial charge in [-0.1, -0.05) is 30.7 Å². The van der Waals surface area contributed by atoms with Crippen molar-refractivity contribution in [2.45, 2.75) is 25.8 Å². The second kappa shape index (κ2) is 6.51. The molecular weight excluding hydrogens is 224 g/mol. The topological polar surface area (TPSA) is 55.1 Å². The van der Waals surface area contributed by atoms with E-state index in [-0.39, 0.29) is 5.91 Å². The van der Waals surface area contributed by atoms with E-state index in [9.17, 15) is 4.79 Å². The first-order valence-electron chi connectivity index (χ1n) is 5.41. The monoisotopic (exact) mass is 240 g/mol. The Morgan fingerprint density at radius 2 is 2.31 bits per heavy atom. The van der Waals surface area contributed by atoms with E-state index in [4.69, 9.17) is 17.3 Å². The number of nitrogens with one attached hydrogen (secondary N) is 1. The molecular formula is C12H17ClN2O. The number of carbonyl (C=O) groups is 1. The Bertz CT molecular complexity index is 355. The summed E-state index contributed by atoms with van der Waals surface area (Å²) in [6.07, 6.45) is 1.42. The molecule has 0 bridgehead atoms. The van der Waals surface area contributed by atoms with Gasteiger partial charge in [0.25, 0.3) is 0 Å². The highest BCUT2D eigenvalue weighted by Gasteiger charge is 2.09. The Hall–Kier alpha value is -1.06. The molecule has 0 saturated carbocycles. The molecule has 0 radical (unpaired) electrons. The fraction of sp³-hybridized carbons (Fsp3) is 0.417. The van der Waals surface area contributed by atoms with Crippen LogP contribution in [0.25, 0.3) is 0 Å². The Morgan fingerprint density at radius 3 is 2.94 bits per heavy atom. The van der Waals surface area contributed by atoms with Gasteiger partial charge in [-0.05, 0) is 30.5 Å². The summed E-state index contributed by atoms with van der Waals surface area (Å²) >= 11 is 5.85. The maximum atomic E-state index is 11.4. The van der Waals surface area contributed by atoms with Crippen molar-refractivity contribution in [2.75, 3.05) is 6.54 Å². The number of nitrogens with two attached hydrogens (primary N) is 1. The third kappa shape index (κ3) is 4.21. The van der Waals surface area contributed by atoms with Gasteiger partial charge >= 0.3 is 0 Å². The van der Waals surface area contributed by atoms with Crippen LogP contribution in [-0.4, -0.2) is 18.5 Å². The summed E-state index contributed by atoms with van der Waals surface area (Å²) < 4.78 is 0. The maximum Gasteiger partial charge on any atom is 0.236 e. The Balaban J connectivity index is 2.33. The Morgan fingerprint density at radius 1 is 1.56 bits per heavy atom. The molecule has 0 aromatic heterocycles. The van der Waals surface area contributed by atoms with Crippen LogP contribution in [0.5, 0.6) is 0 Å². The highest BCUT2D eigenvalue weighted by molar-refractivity contribution is 6.30. The zero-order valence-electron chi connectivity index (χ0n) is 9.37. The highest BCUT2D eigenvalue weighted by atomic mass is 35.5. The minimum Gasteiger partial charge on any atom is -0.354 e. The number of benzene rings is 1. The van der Waals surface area contributed by atoms with Crippen molar-refractivity contribution >= 4 is 17.5 Å². The van der Waals surface area contributed by atoms with E-state index < -0.39 is 6.04 Å². The molecule has 16 heavy (non-hydrogen) atoms. The second-order valence-electron chi connectivity index (χ2n) is 3.69. The van der Waals surface area contributed by atoms with Crippen LogP contribution in [0, 0.1) is 0 Å². The molecule has 0 aliphatic carbocycles. The van der Waals surface area contributed by atoms with Crippen LogP contribution in [-0.2, 0) is 11.2 Å². The normalized spacial score (nSPS) is 12.2. The van der Waals surface area contributed by atoms with Crippen molar-refractivity contribution in [3.63, 3.8) is 0 Å². The van der Waals surface area contributed by atoms with Crippen LogP contribution in [0.1, 0.15) is 18.9 Å². The fourth-order valence-electron chi connectivity index (χ4n) is 1.34. The van der Waals surface area contributed by atoms with E-state index in [0.717, 1.165) is 12.0 Å². The lowest BCUT2D eigenvalue weighted by Gasteiger charge is -2.09. The van der Waals surface area contributed by atoms with Crippen molar-refractivity contribution in [2.24, 2.45) is 5.73 Å². The molecule has 1 rings (SSSR count). The van der Waals surface area contributed by atoms with Crippen LogP contribution in [0.4, 0.5) is 0 Å². The van der Waals surface area contributed by atoms with E-state index >= 15 is 0 Å². The van der Waals surface area contributed by atoms with E-state index in [0.29, 0.717) is 18.0 Å². The molecule has 0 spiro atoms. The molecule has 0 heterocycles. The SMILES string of the molecule is CC[C@H](N)C(=O)NCCc1cccc(Cl)c1. The van der Waals surface area contributed by atoms with Gasteiger partial charge in [0.05, 0.1) is 6.04 Å². The number of rotatable bonds is 5. The van der Waals surface area contributed by atoms with Gasteiger partial charge < -0.3 is 11.1 Å². The van der Waals surface area contributed by atoms with Gasteiger partial charge in [-0.2, -0.15) is 0 Å². The van der Waals surface area contributed by atoms with Crippen molar-refractivity contribution in [1.82, 2.24) is 5.32 Å². The average Bonchev–Trinajstić information content (AvgIpc) is 2.28. The molecule has 0 aliphatic heterocycles. The molecule has 1 atom stereocenters. The van der Waals surface area contributed by atoms with Crippen LogP contribution in [0.2, 0.25) is 5.02 Å². The molecule has 3 N–H and O–H groups in total. The third-order valence-electron chi connectivity index (χ3n) is 2.38. The summed E-state index contributed by atoms with van der Waals surface area (Å²) in [5, 5.41) is 3.51. The lowest BCUT2D eigenvalue weighted by atomic mass is 10.1. The Kier molecular flexibility index (Phi) is 5.29. The van der Waals surface area contributed by atoms with Gasteiger partial charge in [0.1, 0.15) is 0 Å². The van der Waals surface area contributed by atoms with Crippen LogP contribution in [0.3, 0.4) is 0 Å². The minimum absolute atomic E-state index is 0.0930. The molecule has 1 amide bonds. The highest BCUT2D eigenvalue weighted by Crippen LogP contribution is 2.10. The predicted octanol–water partition coefficient (Wildman–Crippen LogP) is 1.74. The number of hydrogen-bond acceptors (Lipinski definition) is 2. The van der Waals surface area contributed by atoms with Gasteiger partial charge in [-0.25, -0.2) is 0 Å². The lowest BCUT2D eigenvalue weighted by Crippen LogP contribution is -2.40. The van der Waals surface area contributed by atoms with Gasteiger partial charge in [0, 0.05) is 11.6 Å². The summed E-state index contributed by atoms with van der Waals surface area (Å²) in [4.78, 5) is 11.4. The number of amides is 1.